The molecule has 24 heavy (non-hydrogen) atoms. The van der Waals surface area contributed by atoms with E-state index in [9.17, 15) is 0 Å². The largest absolute Gasteiger partial charge is 0.368 e. The Labute approximate surface area is 148 Å². The van der Waals surface area contributed by atoms with E-state index in [1.165, 1.54) is 28.0 Å². The molecule has 3 heteroatoms. The number of halogens is 1. The number of likely N-dealkylation sites (N-methyl/N-ethyl adjacent to an activating group) is 1. The molecule has 1 heterocycles. The van der Waals surface area contributed by atoms with Crippen molar-refractivity contribution in [2.75, 3.05) is 33.2 Å². The van der Waals surface area contributed by atoms with E-state index < -0.39 is 0 Å². The summed E-state index contributed by atoms with van der Waals surface area (Å²) in [6, 6.07) is 14.6. The van der Waals surface area contributed by atoms with Gasteiger partial charge in [0, 0.05) is 42.5 Å². The Balaban J connectivity index is 1.90. The van der Waals surface area contributed by atoms with Crippen molar-refractivity contribution in [3.63, 3.8) is 0 Å². The van der Waals surface area contributed by atoms with E-state index in [2.05, 4.69) is 65.9 Å². The fraction of sp³-hybridized carbons (Fsp3) is 0.238. The van der Waals surface area contributed by atoms with E-state index >= 15 is 0 Å². The maximum absolute atomic E-state index is 6.33. The topological polar surface area (TPSA) is 6.48 Å². The third kappa shape index (κ3) is 2.66. The Morgan fingerprint density at radius 1 is 0.917 bits per heavy atom. The van der Waals surface area contributed by atoms with Gasteiger partial charge in [0.1, 0.15) is 0 Å². The molecule has 0 atom stereocenters. The lowest BCUT2D eigenvalue weighted by Gasteiger charge is -2.36. The fourth-order valence-electron chi connectivity index (χ4n) is 3.57. The molecule has 2 aromatic rings. The Kier molecular flexibility index (Phi) is 3.95. The lowest BCUT2D eigenvalue weighted by molar-refractivity contribution is 0.208. The second-order valence-corrected chi connectivity index (χ2v) is 7.01. The number of hydrogen-bond donors (Lipinski definition) is 0. The van der Waals surface area contributed by atoms with Crippen molar-refractivity contribution >= 4 is 28.9 Å². The molecule has 0 N–H and O–H groups in total. The van der Waals surface area contributed by atoms with Gasteiger partial charge < -0.3 is 9.80 Å². The normalized spacial score (nSPS) is 17.8. The van der Waals surface area contributed by atoms with Crippen LogP contribution in [-0.4, -0.2) is 43.0 Å². The zero-order valence-corrected chi connectivity index (χ0v) is 14.7. The number of hydrogen-bond acceptors (Lipinski definition) is 2. The number of rotatable bonds is 1. The van der Waals surface area contributed by atoms with Gasteiger partial charge in [-0.15, -0.1) is 0 Å². The summed E-state index contributed by atoms with van der Waals surface area (Å²) in [7, 11) is 2.18. The first kappa shape index (κ1) is 15.5. The predicted molar refractivity (Wildman–Crippen MR) is 103 cm³/mol. The van der Waals surface area contributed by atoms with E-state index in [0.717, 1.165) is 36.8 Å². The summed E-state index contributed by atoms with van der Waals surface area (Å²) in [4.78, 5) is 4.85. The molecule has 0 saturated carbocycles. The summed E-state index contributed by atoms with van der Waals surface area (Å²) >= 11 is 6.33. The Hall–Kier alpha value is -2.03. The van der Waals surface area contributed by atoms with Crippen LogP contribution in [0.2, 0.25) is 5.02 Å². The minimum Gasteiger partial charge on any atom is -0.368 e. The van der Waals surface area contributed by atoms with Crippen LogP contribution in [0.4, 0.5) is 0 Å². The molecular weight excluding hydrogens is 316 g/mol. The highest BCUT2D eigenvalue weighted by Gasteiger charge is 2.24. The Morgan fingerprint density at radius 2 is 1.67 bits per heavy atom. The van der Waals surface area contributed by atoms with Crippen molar-refractivity contribution in [2.24, 2.45) is 0 Å². The molecule has 0 unspecified atom stereocenters. The van der Waals surface area contributed by atoms with Gasteiger partial charge in [-0.25, -0.2) is 0 Å². The van der Waals surface area contributed by atoms with Gasteiger partial charge in [0.15, 0.2) is 0 Å². The molecule has 1 aliphatic heterocycles. The number of nitrogens with zero attached hydrogens (tertiary/aromatic N) is 2. The SMILES string of the molecule is C=C1c2ccccc2C=C(N2CCN(C)CC2)c2cc(Cl)ccc21. The zero-order valence-electron chi connectivity index (χ0n) is 13.9. The predicted octanol–water partition coefficient (Wildman–Crippen LogP) is 4.46. The van der Waals surface area contributed by atoms with Crippen molar-refractivity contribution in [1.29, 1.82) is 0 Å². The van der Waals surface area contributed by atoms with Crippen LogP contribution in [0.25, 0.3) is 17.3 Å². The second kappa shape index (κ2) is 6.12. The van der Waals surface area contributed by atoms with Crippen LogP contribution in [0.5, 0.6) is 0 Å². The van der Waals surface area contributed by atoms with E-state index in [1.54, 1.807) is 0 Å². The van der Waals surface area contributed by atoms with E-state index in [-0.39, 0.29) is 0 Å². The first-order valence-electron chi connectivity index (χ1n) is 8.37. The van der Waals surface area contributed by atoms with Gasteiger partial charge in [-0.1, -0.05) is 48.5 Å². The van der Waals surface area contributed by atoms with Crippen molar-refractivity contribution in [3.8, 4) is 0 Å². The second-order valence-electron chi connectivity index (χ2n) is 6.58. The highest BCUT2D eigenvalue weighted by molar-refractivity contribution is 6.30. The molecule has 2 aliphatic rings. The third-order valence-corrected chi connectivity index (χ3v) is 5.24. The van der Waals surface area contributed by atoms with Gasteiger partial charge in [0.25, 0.3) is 0 Å². The smallest absolute Gasteiger partial charge is 0.0453 e. The van der Waals surface area contributed by atoms with Crippen LogP contribution in [0.15, 0.2) is 49.0 Å². The molecule has 0 spiro atoms. The van der Waals surface area contributed by atoms with Gasteiger partial charge in [0.2, 0.25) is 0 Å². The molecule has 2 nitrogen and oxygen atoms in total. The molecule has 0 aromatic heterocycles. The van der Waals surface area contributed by atoms with Gasteiger partial charge >= 0.3 is 0 Å². The van der Waals surface area contributed by atoms with Crippen LogP contribution < -0.4 is 0 Å². The summed E-state index contributed by atoms with van der Waals surface area (Å²) in [6.45, 7) is 8.59. The zero-order chi connectivity index (χ0) is 16.7. The minimum absolute atomic E-state index is 0.771. The van der Waals surface area contributed by atoms with Gasteiger partial charge in [0.05, 0.1) is 0 Å². The first-order chi connectivity index (χ1) is 11.6. The number of benzene rings is 2. The van der Waals surface area contributed by atoms with Gasteiger partial charge in [-0.05, 0) is 47.5 Å². The summed E-state index contributed by atoms with van der Waals surface area (Å²) in [5.74, 6) is 0. The number of piperazine rings is 1. The van der Waals surface area contributed by atoms with Crippen LogP contribution in [0.3, 0.4) is 0 Å². The van der Waals surface area contributed by atoms with Crippen LogP contribution in [-0.2, 0) is 0 Å². The van der Waals surface area contributed by atoms with Crippen LogP contribution in [0, 0.1) is 0 Å². The summed E-state index contributed by atoms with van der Waals surface area (Å²) in [5.41, 5.74) is 7.11. The number of fused-ring (bicyclic) bond motifs is 2. The third-order valence-electron chi connectivity index (χ3n) is 5.00. The molecular formula is C21H21ClN2. The van der Waals surface area contributed by atoms with E-state index in [1.807, 2.05) is 6.07 Å². The monoisotopic (exact) mass is 336 g/mol. The maximum Gasteiger partial charge on any atom is 0.0453 e. The maximum atomic E-state index is 6.33. The van der Waals surface area contributed by atoms with Crippen molar-refractivity contribution in [2.45, 2.75) is 0 Å². The average Bonchev–Trinajstić information content (AvgIpc) is 2.71. The van der Waals surface area contributed by atoms with E-state index in [4.69, 9.17) is 11.6 Å². The summed E-state index contributed by atoms with van der Waals surface area (Å²) in [6.07, 6.45) is 2.30. The molecule has 0 radical (unpaired) electrons. The molecule has 0 amide bonds. The molecule has 0 bridgehead atoms. The van der Waals surface area contributed by atoms with Gasteiger partial charge in [-0.3, -0.25) is 0 Å². The molecule has 122 valence electrons. The molecule has 1 saturated heterocycles. The van der Waals surface area contributed by atoms with Crippen molar-refractivity contribution in [3.05, 3.63) is 76.3 Å². The highest BCUT2D eigenvalue weighted by atomic mass is 35.5. The summed E-state index contributed by atoms with van der Waals surface area (Å²) in [5, 5.41) is 0.771. The molecule has 1 aliphatic carbocycles. The van der Waals surface area contributed by atoms with Crippen LogP contribution >= 0.6 is 11.6 Å². The quantitative estimate of drug-likeness (QED) is 0.758. The minimum atomic E-state index is 0.771. The van der Waals surface area contributed by atoms with Crippen molar-refractivity contribution in [1.82, 2.24) is 9.80 Å². The lowest BCUT2D eigenvalue weighted by Crippen LogP contribution is -2.43. The molecule has 4 rings (SSSR count). The average molecular weight is 337 g/mol. The van der Waals surface area contributed by atoms with Crippen molar-refractivity contribution < 1.29 is 0 Å². The highest BCUT2D eigenvalue weighted by Crippen LogP contribution is 2.39. The fourth-order valence-corrected chi connectivity index (χ4v) is 3.74. The first-order valence-corrected chi connectivity index (χ1v) is 8.75. The lowest BCUT2D eigenvalue weighted by atomic mass is 9.94. The van der Waals surface area contributed by atoms with Gasteiger partial charge in [-0.2, -0.15) is 0 Å². The molecule has 2 aromatic carbocycles. The van der Waals surface area contributed by atoms with Crippen LogP contribution in [0.1, 0.15) is 22.3 Å². The van der Waals surface area contributed by atoms with E-state index in [0.29, 0.717) is 0 Å². The Morgan fingerprint density at radius 3 is 2.46 bits per heavy atom. The standard InChI is InChI=1S/C21H21ClN2/c1-15-18-6-4-3-5-16(18)13-21(24-11-9-23(2)10-12-24)20-14-17(22)7-8-19(15)20/h3-8,13-14H,1,9-12H2,2H3. The molecule has 1 fully saturated rings. The summed E-state index contributed by atoms with van der Waals surface area (Å²) < 4.78 is 0. The Bertz CT molecular complexity index is 829.